The minimum atomic E-state index is -5.00. The maximum Gasteiger partial charge on any atom is 0.461 e. The molecule has 0 spiro atoms. The highest BCUT2D eigenvalue weighted by molar-refractivity contribution is 6.30. The summed E-state index contributed by atoms with van der Waals surface area (Å²) in [4.78, 5) is 16.9. The van der Waals surface area contributed by atoms with Gasteiger partial charge in [-0.05, 0) is 35.4 Å². The van der Waals surface area contributed by atoms with Crippen molar-refractivity contribution in [2.45, 2.75) is 30.4 Å². The van der Waals surface area contributed by atoms with Crippen molar-refractivity contribution in [2.24, 2.45) is 0 Å². The quantitative estimate of drug-likeness (QED) is 0.291. The summed E-state index contributed by atoms with van der Waals surface area (Å²) in [5.74, 6) is -8.24. The Balaban J connectivity index is 2.28. The van der Waals surface area contributed by atoms with E-state index >= 15 is 0 Å². The number of rotatable bonds is 11. The summed E-state index contributed by atoms with van der Waals surface area (Å²) < 4.78 is 105. The fraction of sp³-hybridized carbons (Fsp3) is 0.280. The van der Waals surface area contributed by atoms with E-state index in [1.807, 2.05) is 0 Å². The second kappa shape index (κ2) is 11.6. The molecule has 1 atom stereocenters. The first-order valence-electron chi connectivity index (χ1n) is 10.8. The number of benzene rings is 2. The predicted molar refractivity (Wildman–Crippen MR) is 123 cm³/mol. The van der Waals surface area contributed by atoms with E-state index in [0.29, 0.717) is 11.6 Å². The molecule has 3 aromatic rings. The van der Waals surface area contributed by atoms with E-state index < -0.39 is 53.6 Å². The normalized spacial score (nSPS) is 13.7. The van der Waals surface area contributed by atoms with Crippen LogP contribution in [0, 0.1) is 5.82 Å². The highest BCUT2D eigenvalue weighted by Crippen LogP contribution is 2.38. The number of carbonyl (C=O) groups excluding carboxylic acids is 1. The molecule has 1 heterocycles. The first kappa shape index (κ1) is 29.2. The molecule has 0 saturated carbocycles. The van der Waals surface area contributed by atoms with Crippen molar-refractivity contribution in [3.05, 3.63) is 94.5 Å². The average molecular weight is 565 g/mol. The van der Waals surface area contributed by atoms with Gasteiger partial charge in [0.2, 0.25) is 0 Å². The van der Waals surface area contributed by atoms with Gasteiger partial charge in [-0.3, -0.25) is 9.78 Å². The van der Waals surface area contributed by atoms with Crippen LogP contribution < -0.4 is 10.1 Å². The molecule has 0 aliphatic heterocycles. The van der Waals surface area contributed by atoms with Gasteiger partial charge in [-0.15, -0.1) is 0 Å². The molecule has 1 N–H and O–H groups in total. The van der Waals surface area contributed by atoms with E-state index in [1.54, 1.807) is 30.3 Å². The number of hydrogen-bond acceptors (Lipinski definition) is 4. The monoisotopic (exact) mass is 564 g/mol. The van der Waals surface area contributed by atoms with E-state index in [9.17, 15) is 35.5 Å². The molecule has 0 fully saturated rings. The van der Waals surface area contributed by atoms with Crippen molar-refractivity contribution < 1.29 is 45.0 Å². The second-order valence-electron chi connectivity index (χ2n) is 8.16. The zero-order valence-corrected chi connectivity index (χ0v) is 20.3. The molecule has 2 aromatic carbocycles. The number of alkyl halides is 6. The van der Waals surface area contributed by atoms with E-state index in [2.05, 4.69) is 19.8 Å². The van der Waals surface area contributed by atoms with E-state index in [1.165, 1.54) is 12.1 Å². The number of aromatic nitrogens is 1. The maximum atomic E-state index is 14.7. The third-order valence-corrected chi connectivity index (χ3v) is 5.56. The second-order valence-corrected chi connectivity index (χ2v) is 8.60. The van der Waals surface area contributed by atoms with Crippen molar-refractivity contribution in [2.75, 3.05) is 13.7 Å². The lowest BCUT2D eigenvalue weighted by Gasteiger charge is -2.36. The minimum absolute atomic E-state index is 0.123. The van der Waals surface area contributed by atoms with Gasteiger partial charge >= 0.3 is 18.5 Å². The van der Waals surface area contributed by atoms with Crippen LogP contribution in [0.25, 0.3) is 0 Å². The Morgan fingerprint density at radius 1 is 1.05 bits per heavy atom. The van der Waals surface area contributed by atoms with Gasteiger partial charge in [0.15, 0.2) is 0 Å². The molecule has 204 valence electrons. The number of halogens is 8. The summed E-state index contributed by atoms with van der Waals surface area (Å²) in [7, 11) is 0.943. The summed E-state index contributed by atoms with van der Waals surface area (Å²) in [6.07, 6.45) is -8.49. The molecule has 0 aliphatic rings. The van der Waals surface area contributed by atoms with Gasteiger partial charge in [-0.25, -0.2) is 4.39 Å². The summed E-state index contributed by atoms with van der Waals surface area (Å²) >= 11 is 5.92. The van der Waals surface area contributed by atoms with Gasteiger partial charge < -0.3 is 14.8 Å². The van der Waals surface area contributed by atoms with Gasteiger partial charge in [0, 0.05) is 25.8 Å². The number of amides is 1. The van der Waals surface area contributed by atoms with Crippen molar-refractivity contribution in [1.82, 2.24) is 10.3 Å². The summed E-state index contributed by atoms with van der Waals surface area (Å²) in [5, 5.41) is 2.29. The Morgan fingerprint density at radius 2 is 1.74 bits per heavy atom. The van der Waals surface area contributed by atoms with Gasteiger partial charge in [0.25, 0.3) is 5.91 Å². The molecule has 0 unspecified atom stereocenters. The first-order valence-corrected chi connectivity index (χ1v) is 11.2. The van der Waals surface area contributed by atoms with Crippen molar-refractivity contribution in [3.63, 3.8) is 0 Å². The van der Waals surface area contributed by atoms with Gasteiger partial charge in [0.1, 0.15) is 23.7 Å². The molecule has 0 bridgehead atoms. The number of pyridine rings is 1. The number of nitrogens with zero attached hydrogens (tertiary/aromatic N) is 1. The van der Waals surface area contributed by atoms with Gasteiger partial charge in [-0.1, -0.05) is 41.9 Å². The third-order valence-electron chi connectivity index (χ3n) is 5.33. The van der Waals surface area contributed by atoms with Crippen LogP contribution in [0.2, 0.25) is 5.02 Å². The maximum absolute atomic E-state index is 14.7. The highest BCUT2D eigenvalue weighted by Gasteiger charge is 2.47. The Bertz CT molecular complexity index is 1250. The van der Waals surface area contributed by atoms with Crippen LogP contribution in [0.3, 0.4) is 0 Å². The molecule has 13 heteroatoms. The minimum Gasteiger partial charge on any atom is -0.428 e. The lowest BCUT2D eigenvalue weighted by atomic mass is 9.80. The van der Waals surface area contributed by atoms with Crippen LogP contribution in [0.4, 0.5) is 30.7 Å². The Morgan fingerprint density at radius 3 is 2.32 bits per heavy atom. The summed E-state index contributed by atoms with van der Waals surface area (Å²) in [5.41, 5.74) is -2.29. The number of methoxy groups -OCH3 is 1. The lowest BCUT2D eigenvalue weighted by Crippen LogP contribution is -2.55. The topological polar surface area (TPSA) is 60.5 Å². The molecular weight excluding hydrogens is 545 g/mol. The molecule has 1 amide bonds. The van der Waals surface area contributed by atoms with Crippen LogP contribution in [-0.4, -0.2) is 43.1 Å². The average Bonchev–Trinajstić information content (AvgIpc) is 2.84. The van der Waals surface area contributed by atoms with Crippen LogP contribution in [0.1, 0.15) is 16.8 Å². The number of ether oxygens (including phenoxy) is 2. The fourth-order valence-corrected chi connectivity index (χ4v) is 3.76. The Kier molecular flexibility index (Phi) is 8.88. The van der Waals surface area contributed by atoms with Crippen molar-refractivity contribution in [3.8, 4) is 5.75 Å². The zero-order valence-electron chi connectivity index (χ0n) is 19.5. The van der Waals surface area contributed by atoms with Crippen molar-refractivity contribution in [1.29, 1.82) is 0 Å². The standard InChI is InChI=1S/C25H20ClF7N2O3/c1-37-14-24(30,31)22(36)35-23(12-15-5-3-2-4-6-15,20-8-7-17(26)13-34-20)16-9-18(27)11-19(10-16)38-25(32,33)21(28)29/h2-11,13,21H,12,14H2,1H3,(H,35,36)/t23-/m0/s1. The molecule has 5 nitrogen and oxygen atoms in total. The number of hydrogen-bond donors (Lipinski definition) is 1. The van der Waals surface area contributed by atoms with Crippen LogP contribution in [-0.2, 0) is 21.5 Å². The fourth-order valence-electron chi connectivity index (χ4n) is 3.65. The molecule has 1 aromatic heterocycles. The summed E-state index contributed by atoms with van der Waals surface area (Å²) in [6.45, 7) is -1.31. The van der Waals surface area contributed by atoms with E-state index in [4.69, 9.17) is 11.6 Å². The van der Waals surface area contributed by atoms with Crippen LogP contribution in [0.15, 0.2) is 66.9 Å². The zero-order chi connectivity index (χ0) is 28.1. The van der Waals surface area contributed by atoms with E-state index in [-0.39, 0.29) is 17.1 Å². The largest absolute Gasteiger partial charge is 0.461 e. The molecule has 0 radical (unpaired) electrons. The van der Waals surface area contributed by atoms with Crippen LogP contribution in [0.5, 0.6) is 5.75 Å². The smallest absolute Gasteiger partial charge is 0.428 e. The summed E-state index contributed by atoms with van der Waals surface area (Å²) in [6, 6.07) is 12.4. The molecule has 38 heavy (non-hydrogen) atoms. The number of nitrogens with one attached hydrogen (secondary N) is 1. The lowest BCUT2D eigenvalue weighted by molar-refractivity contribution is -0.253. The van der Waals surface area contributed by atoms with Crippen molar-refractivity contribution >= 4 is 17.5 Å². The highest BCUT2D eigenvalue weighted by atomic mass is 35.5. The molecular formula is C25H20ClF7N2O3. The SMILES string of the molecule is COCC(F)(F)C(=O)N[C@@](Cc1ccccc1)(c1cc(F)cc(OC(F)(F)C(F)F)c1)c1ccc(Cl)cn1. The number of carbonyl (C=O) groups is 1. The Hall–Kier alpha value is -3.38. The first-order chi connectivity index (χ1) is 17.8. The molecule has 0 aliphatic carbocycles. The molecule has 0 saturated heterocycles. The van der Waals surface area contributed by atoms with Crippen LogP contribution >= 0.6 is 11.6 Å². The van der Waals surface area contributed by atoms with Gasteiger partial charge in [-0.2, -0.15) is 26.3 Å². The third kappa shape index (κ3) is 6.73. The van der Waals surface area contributed by atoms with Gasteiger partial charge in [0.05, 0.1) is 10.7 Å². The molecule has 3 rings (SSSR count). The Labute approximate surface area is 217 Å². The predicted octanol–water partition coefficient (Wildman–Crippen LogP) is 6.00. The van der Waals surface area contributed by atoms with E-state index in [0.717, 1.165) is 25.4 Å².